The highest BCUT2D eigenvalue weighted by Crippen LogP contribution is 2.36. The Morgan fingerprint density at radius 2 is 2.06 bits per heavy atom. The Bertz CT molecular complexity index is 1360. The average Bonchev–Trinajstić information content (AvgIpc) is 3.36. The fraction of sp³-hybridized carbons (Fsp3) is 0.476. The van der Waals surface area contributed by atoms with Gasteiger partial charge in [-0.15, -0.1) is 0 Å². The molecule has 0 aromatic carbocycles. The summed E-state index contributed by atoms with van der Waals surface area (Å²) in [7, 11) is -0.911. The van der Waals surface area contributed by atoms with E-state index < -0.39 is 20.9 Å². The molecule has 0 bridgehead atoms. The predicted molar refractivity (Wildman–Crippen MR) is 121 cm³/mol. The fourth-order valence-corrected chi connectivity index (χ4v) is 5.05. The minimum atomic E-state index is -2.45. The van der Waals surface area contributed by atoms with Crippen molar-refractivity contribution in [2.45, 2.75) is 32.7 Å². The summed E-state index contributed by atoms with van der Waals surface area (Å²) in [6, 6.07) is 4.06. The van der Waals surface area contributed by atoms with E-state index in [1.54, 1.807) is 32.2 Å². The zero-order valence-electron chi connectivity index (χ0n) is 18.8. The van der Waals surface area contributed by atoms with Gasteiger partial charge in [0, 0.05) is 55.2 Å². The molecule has 0 amide bonds. The molecule has 10 nitrogen and oxygen atoms in total. The normalized spacial score (nSPS) is 18.0. The summed E-state index contributed by atoms with van der Waals surface area (Å²) in [4.78, 5) is 21.6. The third-order valence-electron chi connectivity index (χ3n) is 5.85. The highest BCUT2D eigenvalue weighted by molar-refractivity contribution is 7.90. The van der Waals surface area contributed by atoms with Crippen molar-refractivity contribution in [3.05, 3.63) is 31.0 Å². The lowest BCUT2D eigenvalue weighted by Crippen LogP contribution is -2.63. The lowest BCUT2D eigenvalue weighted by atomic mass is 9.89. The topological polar surface area (TPSA) is 122 Å². The molecule has 1 aliphatic rings. The predicted octanol–water partition coefficient (Wildman–Crippen LogP) is 2.55. The molecule has 1 atom stereocenters. The van der Waals surface area contributed by atoms with Gasteiger partial charge in [0.15, 0.2) is 5.65 Å². The lowest BCUT2D eigenvalue weighted by Gasteiger charge is -2.48. The Hall–Kier alpha value is -3.10. The standard InChI is InChI=1S/C21H26N8O2S/c1-20(2,3)19(30)28-9-6-16-17(24-14-25-18(16)28)15-10-26-29(11-15)21(7-8-22)12-27(13-21)32(5,31)23-4/h6,9-11,14H,7,12-13H2,1-5H3. The van der Waals surface area contributed by atoms with E-state index in [0.717, 1.165) is 10.9 Å². The van der Waals surface area contributed by atoms with Crippen LogP contribution in [0.3, 0.4) is 0 Å². The summed E-state index contributed by atoms with van der Waals surface area (Å²) in [5.74, 6) is -0.0557. The molecule has 0 saturated carbocycles. The quantitative estimate of drug-likeness (QED) is 0.597. The van der Waals surface area contributed by atoms with Gasteiger partial charge in [0.2, 0.25) is 5.91 Å². The van der Waals surface area contributed by atoms with Gasteiger partial charge in [0.1, 0.15) is 21.8 Å². The largest absolute Gasteiger partial charge is 0.273 e. The minimum Gasteiger partial charge on any atom is -0.273 e. The second kappa shape index (κ2) is 7.50. The van der Waals surface area contributed by atoms with Crippen LogP contribution in [0.1, 0.15) is 32.0 Å². The van der Waals surface area contributed by atoms with Gasteiger partial charge in [-0.05, 0) is 6.07 Å². The number of carbonyl (C=O) groups excluding carboxylic acids is 1. The summed E-state index contributed by atoms with van der Waals surface area (Å²) in [6.45, 7) is 6.44. The van der Waals surface area contributed by atoms with Crippen molar-refractivity contribution in [2.75, 3.05) is 26.4 Å². The molecule has 0 N–H and O–H groups in total. The van der Waals surface area contributed by atoms with Gasteiger partial charge < -0.3 is 0 Å². The molecule has 3 aromatic rings. The highest BCUT2D eigenvalue weighted by atomic mass is 32.2. The van der Waals surface area contributed by atoms with E-state index in [0.29, 0.717) is 24.4 Å². The van der Waals surface area contributed by atoms with Crippen LogP contribution in [0.4, 0.5) is 0 Å². The number of fused-ring (bicyclic) bond motifs is 1. The number of aromatic nitrogens is 5. The fourth-order valence-electron chi connectivity index (χ4n) is 3.86. The Balaban J connectivity index is 1.71. The summed E-state index contributed by atoms with van der Waals surface area (Å²) in [6.07, 6.45) is 8.53. The second-order valence-corrected chi connectivity index (χ2v) is 11.6. The molecule has 11 heteroatoms. The van der Waals surface area contributed by atoms with Crippen LogP contribution < -0.4 is 0 Å². The van der Waals surface area contributed by atoms with Crippen molar-refractivity contribution < 1.29 is 9.00 Å². The molecule has 0 spiro atoms. The Morgan fingerprint density at radius 1 is 1.34 bits per heavy atom. The molecule has 32 heavy (non-hydrogen) atoms. The number of hydrogen-bond acceptors (Lipinski definition) is 7. The van der Waals surface area contributed by atoms with Crippen LogP contribution in [0.2, 0.25) is 0 Å². The van der Waals surface area contributed by atoms with Crippen molar-refractivity contribution in [3.8, 4) is 17.3 Å². The molecule has 1 aliphatic heterocycles. The lowest BCUT2D eigenvalue weighted by molar-refractivity contribution is 0.0754. The van der Waals surface area contributed by atoms with Crippen LogP contribution in [-0.4, -0.2) is 65.1 Å². The molecule has 4 heterocycles. The summed E-state index contributed by atoms with van der Waals surface area (Å²) < 4.78 is 21.6. The van der Waals surface area contributed by atoms with Crippen molar-refractivity contribution in [1.29, 1.82) is 5.26 Å². The maximum atomic E-state index is 12.8. The maximum absolute atomic E-state index is 12.8. The molecular formula is C21H26N8O2S. The van der Waals surface area contributed by atoms with Crippen molar-refractivity contribution >= 4 is 26.9 Å². The number of carbonyl (C=O) groups is 1. The smallest absolute Gasteiger partial charge is 0.237 e. The van der Waals surface area contributed by atoms with Gasteiger partial charge in [-0.25, -0.2) is 22.8 Å². The minimum absolute atomic E-state index is 0.0557. The van der Waals surface area contributed by atoms with E-state index in [4.69, 9.17) is 0 Å². The molecule has 4 rings (SSSR count). The van der Waals surface area contributed by atoms with Crippen LogP contribution in [-0.2, 0) is 15.5 Å². The summed E-state index contributed by atoms with van der Waals surface area (Å²) in [5.41, 5.74) is 0.833. The average molecular weight is 455 g/mol. The molecular weight excluding hydrogens is 428 g/mol. The van der Waals surface area contributed by atoms with Gasteiger partial charge in [-0.1, -0.05) is 20.8 Å². The first-order valence-corrected chi connectivity index (χ1v) is 12.1. The Kier molecular flexibility index (Phi) is 5.18. The van der Waals surface area contributed by atoms with Crippen molar-refractivity contribution in [3.63, 3.8) is 0 Å². The Labute approximate surface area is 187 Å². The van der Waals surface area contributed by atoms with Gasteiger partial charge in [-0.3, -0.25) is 14.0 Å². The summed E-state index contributed by atoms with van der Waals surface area (Å²) in [5, 5.41) is 14.7. The van der Waals surface area contributed by atoms with Gasteiger partial charge in [0.25, 0.3) is 0 Å². The SMILES string of the molecule is CN=S(C)(=O)N1CC(CC#N)(n2cc(-c3ncnc4c3ccn4C(=O)C(C)(C)C)cn2)C1. The molecule has 0 aliphatic carbocycles. The van der Waals surface area contributed by atoms with E-state index in [-0.39, 0.29) is 12.3 Å². The van der Waals surface area contributed by atoms with Crippen LogP contribution in [0.25, 0.3) is 22.3 Å². The van der Waals surface area contributed by atoms with Crippen molar-refractivity contribution in [2.24, 2.45) is 9.78 Å². The van der Waals surface area contributed by atoms with Gasteiger partial charge >= 0.3 is 0 Å². The number of nitriles is 1. The maximum Gasteiger partial charge on any atom is 0.237 e. The zero-order chi connectivity index (χ0) is 23.3. The second-order valence-electron chi connectivity index (χ2n) is 9.18. The third kappa shape index (κ3) is 3.49. The number of rotatable bonds is 4. The first-order valence-electron chi connectivity index (χ1n) is 10.2. The van der Waals surface area contributed by atoms with E-state index in [2.05, 4.69) is 25.5 Å². The van der Waals surface area contributed by atoms with E-state index in [1.165, 1.54) is 13.4 Å². The number of hydrogen-bond donors (Lipinski definition) is 0. The van der Waals surface area contributed by atoms with Gasteiger partial charge in [0.05, 0.1) is 24.4 Å². The van der Waals surface area contributed by atoms with Crippen LogP contribution >= 0.6 is 0 Å². The van der Waals surface area contributed by atoms with E-state index in [1.807, 2.05) is 33.0 Å². The summed E-state index contributed by atoms with van der Waals surface area (Å²) >= 11 is 0. The Morgan fingerprint density at radius 3 is 2.69 bits per heavy atom. The molecule has 1 fully saturated rings. The van der Waals surface area contributed by atoms with E-state index >= 15 is 0 Å². The first-order chi connectivity index (χ1) is 15.0. The van der Waals surface area contributed by atoms with Crippen LogP contribution in [0, 0.1) is 16.7 Å². The van der Waals surface area contributed by atoms with Crippen LogP contribution in [0.15, 0.2) is 35.3 Å². The molecule has 1 saturated heterocycles. The number of nitrogens with zero attached hydrogens (tertiary/aromatic N) is 8. The highest BCUT2D eigenvalue weighted by Gasteiger charge is 2.48. The molecule has 0 radical (unpaired) electrons. The van der Waals surface area contributed by atoms with E-state index in [9.17, 15) is 14.3 Å². The first kappa shape index (κ1) is 22.1. The molecule has 1 unspecified atom stereocenters. The molecule has 168 valence electrons. The van der Waals surface area contributed by atoms with Gasteiger partial charge in [-0.2, -0.15) is 10.4 Å². The van der Waals surface area contributed by atoms with Crippen LogP contribution in [0.5, 0.6) is 0 Å². The van der Waals surface area contributed by atoms with Crippen molar-refractivity contribution in [1.82, 2.24) is 28.6 Å². The monoisotopic (exact) mass is 454 g/mol. The zero-order valence-corrected chi connectivity index (χ0v) is 19.6. The molecule has 3 aromatic heterocycles. The third-order valence-corrected chi connectivity index (χ3v) is 7.74.